The maximum Gasteiger partial charge on any atom is 0.242 e. The molecule has 1 atom stereocenters. The van der Waals surface area contributed by atoms with E-state index in [1.165, 1.54) is 35.2 Å². The fourth-order valence-electron chi connectivity index (χ4n) is 2.75. The minimum absolute atomic E-state index is 0.0120. The Morgan fingerprint density at radius 3 is 2.21 bits per heavy atom. The van der Waals surface area contributed by atoms with Crippen LogP contribution in [0.5, 0.6) is 0 Å². The van der Waals surface area contributed by atoms with Crippen LogP contribution >= 0.6 is 0 Å². The van der Waals surface area contributed by atoms with Gasteiger partial charge in [0.1, 0.15) is 17.7 Å². The summed E-state index contributed by atoms with van der Waals surface area (Å²) in [5.74, 6) is -1.49. The molecule has 0 aliphatic rings. The van der Waals surface area contributed by atoms with Crippen LogP contribution in [0, 0.1) is 11.6 Å². The Morgan fingerprint density at radius 2 is 1.64 bits per heavy atom. The molecule has 0 saturated heterocycles. The molecule has 0 spiro atoms. The van der Waals surface area contributed by atoms with Gasteiger partial charge in [0, 0.05) is 17.6 Å². The van der Waals surface area contributed by atoms with Crippen LogP contribution in [0.3, 0.4) is 0 Å². The SMILES string of the molecule is CC(C(=O)NC(C)(C)C)N(Cc1ccccc1F)C(=O)Cc1ccc(F)cc1. The highest BCUT2D eigenvalue weighted by atomic mass is 19.1. The summed E-state index contributed by atoms with van der Waals surface area (Å²) in [6.07, 6.45) is -0.0120. The zero-order chi connectivity index (χ0) is 20.9. The molecule has 0 fully saturated rings. The topological polar surface area (TPSA) is 49.4 Å². The van der Waals surface area contributed by atoms with Gasteiger partial charge in [0.15, 0.2) is 0 Å². The highest BCUT2D eigenvalue weighted by Crippen LogP contribution is 2.16. The van der Waals surface area contributed by atoms with Gasteiger partial charge in [0.25, 0.3) is 0 Å². The van der Waals surface area contributed by atoms with Crippen molar-refractivity contribution in [1.29, 1.82) is 0 Å². The molecule has 0 radical (unpaired) electrons. The number of hydrogen-bond donors (Lipinski definition) is 1. The third-order valence-electron chi connectivity index (χ3n) is 4.23. The molecular formula is C22H26F2N2O2. The maximum atomic E-state index is 14.1. The summed E-state index contributed by atoms with van der Waals surface area (Å²) < 4.78 is 27.3. The van der Waals surface area contributed by atoms with Gasteiger partial charge in [0.2, 0.25) is 11.8 Å². The van der Waals surface area contributed by atoms with E-state index >= 15 is 0 Å². The van der Waals surface area contributed by atoms with Crippen molar-refractivity contribution in [3.8, 4) is 0 Å². The number of nitrogens with zero attached hydrogens (tertiary/aromatic N) is 1. The highest BCUT2D eigenvalue weighted by molar-refractivity contribution is 5.88. The summed E-state index contributed by atoms with van der Waals surface area (Å²) in [5, 5.41) is 2.85. The minimum atomic E-state index is -0.799. The van der Waals surface area contributed by atoms with Crippen LogP contribution in [-0.4, -0.2) is 28.3 Å². The second-order valence-electron chi connectivity index (χ2n) is 7.83. The molecule has 1 N–H and O–H groups in total. The Morgan fingerprint density at radius 1 is 1.04 bits per heavy atom. The summed E-state index contributed by atoms with van der Waals surface area (Å²) >= 11 is 0. The Kier molecular flexibility index (Phi) is 6.89. The van der Waals surface area contributed by atoms with Crippen molar-refractivity contribution in [2.24, 2.45) is 0 Å². The second-order valence-corrected chi connectivity index (χ2v) is 7.83. The van der Waals surface area contributed by atoms with Crippen molar-refractivity contribution in [2.45, 2.75) is 52.2 Å². The van der Waals surface area contributed by atoms with Crippen molar-refractivity contribution in [3.63, 3.8) is 0 Å². The van der Waals surface area contributed by atoms with Gasteiger partial charge in [0.05, 0.1) is 6.42 Å². The number of nitrogens with one attached hydrogen (secondary N) is 1. The molecule has 4 nitrogen and oxygen atoms in total. The average molecular weight is 388 g/mol. The average Bonchev–Trinajstić information content (AvgIpc) is 2.61. The smallest absolute Gasteiger partial charge is 0.242 e. The number of benzene rings is 2. The van der Waals surface area contributed by atoms with Crippen molar-refractivity contribution in [2.75, 3.05) is 0 Å². The lowest BCUT2D eigenvalue weighted by molar-refractivity contribution is -0.140. The van der Waals surface area contributed by atoms with Gasteiger partial charge in [-0.25, -0.2) is 8.78 Å². The minimum Gasteiger partial charge on any atom is -0.350 e. The normalized spacial score (nSPS) is 12.4. The summed E-state index contributed by atoms with van der Waals surface area (Å²) in [6.45, 7) is 7.12. The molecule has 2 amide bonds. The first-order valence-electron chi connectivity index (χ1n) is 9.16. The van der Waals surface area contributed by atoms with Crippen molar-refractivity contribution >= 4 is 11.8 Å². The first-order valence-corrected chi connectivity index (χ1v) is 9.16. The van der Waals surface area contributed by atoms with Gasteiger partial charge in [-0.05, 0) is 51.5 Å². The first-order chi connectivity index (χ1) is 13.1. The number of amides is 2. The van der Waals surface area contributed by atoms with Gasteiger partial charge >= 0.3 is 0 Å². The zero-order valence-electron chi connectivity index (χ0n) is 16.6. The Balaban J connectivity index is 2.26. The van der Waals surface area contributed by atoms with Crippen LogP contribution in [-0.2, 0) is 22.6 Å². The fraction of sp³-hybridized carbons (Fsp3) is 0.364. The van der Waals surface area contributed by atoms with Crippen molar-refractivity contribution in [1.82, 2.24) is 10.2 Å². The Hall–Kier alpha value is -2.76. The molecule has 0 aromatic heterocycles. The zero-order valence-corrected chi connectivity index (χ0v) is 16.6. The standard InChI is InChI=1S/C22H26F2N2O2/c1-15(21(28)25-22(2,3)4)26(14-17-7-5-6-8-19(17)24)20(27)13-16-9-11-18(23)12-10-16/h5-12,15H,13-14H2,1-4H3,(H,25,28). The van der Waals surface area contributed by atoms with Gasteiger partial charge < -0.3 is 10.2 Å². The third-order valence-corrected chi connectivity index (χ3v) is 4.23. The lowest BCUT2D eigenvalue weighted by Crippen LogP contribution is -2.52. The van der Waals surface area contributed by atoms with Gasteiger partial charge in [-0.15, -0.1) is 0 Å². The van der Waals surface area contributed by atoms with Crippen LogP contribution < -0.4 is 5.32 Å². The number of halogens is 2. The van der Waals surface area contributed by atoms with E-state index < -0.39 is 23.2 Å². The summed E-state index contributed by atoms with van der Waals surface area (Å²) in [6, 6.07) is 11.0. The summed E-state index contributed by atoms with van der Waals surface area (Å²) in [7, 11) is 0. The monoisotopic (exact) mass is 388 g/mol. The number of hydrogen-bond acceptors (Lipinski definition) is 2. The van der Waals surface area contributed by atoms with Crippen LogP contribution in [0.1, 0.15) is 38.8 Å². The molecule has 0 aliphatic heterocycles. The van der Waals surface area contributed by atoms with Crippen LogP contribution in [0.25, 0.3) is 0 Å². The quantitative estimate of drug-likeness (QED) is 0.817. The lowest BCUT2D eigenvalue weighted by Gasteiger charge is -2.31. The molecule has 6 heteroatoms. The molecule has 0 saturated carbocycles. The number of rotatable bonds is 6. The Labute approximate surface area is 164 Å². The number of carbonyl (C=O) groups excluding carboxylic acids is 2. The van der Waals surface area contributed by atoms with E-state index in [0.717, 1.165) is 0 Å². The Bertz CT molecular complexity index is 829. The highest BCUT2D eigenvalue weighted by Gasteiger charge is 2.28. The predicted octanol–water partition coefficient (Wildman–Crippen LogP) is 3.84. The second kappa shape index (κ2) is 8.95. The maximum absolute atomic E-state index is 14.1. The molecule has 2 aromatic carbocycles. The number of carbonyl (C=O) groups is 2. The molecule has 0 heterocycles. The first kappa shape index (κ1) is 21.5. The fourth-order valence-corrected chi connectivity index (χ4v) is 2.75. The molecule has 0 aliphatic carbocycles. The molecule has 0 bridgehead atoms. The summed E-state index contributed by atoms with van der Waals surface area (Å²) in [5.41, 5.74) is 0.480. The van der Waals surface area contributed by atoms with E-state index in [1.54, 1.807) is 25.1 Å². The molecule has 1 unspecified atom stereocenters. The molecular weight excluding hydrogens is 362 g/mol. The van der Waals surface area contributed by atoms with Crippen LogP contribution in [0.4, 0.5) is 8.78 Å². The van der Waals surface area contributed by atoms with E-state index in [1.807, 2.05) is 20.8 Å². The molecule has 2 rings (SSSR count). The van der Waals surface area contributed by atoms with E-state index in [4.69, 9.17) is 0 Å². The largest absolute Gasteiger partial charge is 0.350 e. The predicted molar refractivity (Wildman–Crippen MR) is 104 cm³/mol. The summed E-state index contributed by atoms with van der Waals surface area (Å²) in [4.78, 5) is 26.9. The van der Waals surface area contributed by atoms with E-state index in [-0.39, 0.29) is 24.8 Å². The van der Waals surface area contributed by atoms with Gasteiger partial charge in [-0.3, -0.25) is 9.59 Å². The van der Waals surface area contributed by atoms with Gasteiger partial charge in [-0.2, -0.15) is 0 Å². The lowest BCUT2D eigenvalue weighted by atomic mass is 10.1. The van der Waals surface area contributed by atoms with Crippen molar-refractivity contribution < 1.29 is 18.4 Å². The van der Waals surface area contributed by atoms with Crippen molar-refractivity contribution in [3.05, 3.63) is 71.3 Å². The van der Waals surface area contributed by atoms with Crippen LogP contribution in [0.2, 0.25) is 0 Å². The van der Waals surface area contributed by atoms with Gasteiger partial charge in [-0.1, -0.05) is 30.3 Å². The van der Waals surface area contributed by atoms with E-state index in [2.05, 4.69) is 5.32 Å². The van der Waals surface area contributed by atoms with E-state index in [0.29, 0.717) is 11.1 Å². The van der Waals surface area contributed by atoms with Crippen LogP contribution in [0.15, 0.2) is 48.5 Å². The molecule has 150 valence electrons. The third kappa shape index (κ3) is 6.15. The van der Waals surface area contributed by atoms with E-state index in [9.17, 15) is 18.4 Å². The molecule has 2 aromatic rings. The molecule has 28 heavy (non-hydrogen) atoms.